The monoisotopic (exact) mass is 276 g/mol. The summed E-state index contributed by atoms with van der Waals surface area (Å²) in [6, 6.07) is 4.91. The van der Waals surface area contributed by atoms with E-state index < -0.39 is 0 Å². The number of hydrogen-bond donors (Lipinski definition) is 3. The maximum Gasteiger partial charge on any atom is 0.319 e. The molecule has 0 spiro atoms. The van der Waals surface area contributed by atoms with E-state index in [0.717, 1.165) is 17.9 Å². The van der Waals surface area contributed by atoms with Gasteiger partial charge in [0.2, 0.25) is 0 Å². The van der Waals surface area contributed by atoms with Crippen LogP contribution >= 0.6 is 0 Å². The Bertz CT molecular complexity index is 454. The highest BCUT2D eigenvalue weighted by Gasteiger charge is 2.13. The molecule has 1 aromatic rings. The fourth-order valence-electron chi connectivity index (χ4n) is 2.78. The zero-order valence-electron chi connectivity index (χ0n) is 12.1. The minimum Gasteiger partial charge on any atom is -0.506 e. The van der Waals surface area contributed by atoms with Crippen molar-refractivity contribution in [1.82, 2.24) is 5.32 Å². The molecule has 0 bridgehead atoms. The Morgan fingerprint density at radius 3 is 2.80 bits per heavy atom. The van der Waals surface area contributed by atoms with Crippen LogP contribution in [0, 0.1) is 12.8 Å². The normalized spacial score (nSPS) is 15.8. The molecule has 0 saturated heterocycles. The molecule has 110 valence electrons. The van der Waals surface area contributed by atoms with E-state index in [1.54, 1.807) is 12.1 Å². The summed E-state index contributed by atoms with van der Waals surface area (Å²) in [5.41, 5.74) is 1.46. The van der Waals surface area contributed by atoms with Gasteiger partial charge in [-0.3, -0.25) is 0 Å². The van der Waals surface area contributed by atoms with E-state index in [1.807, 2.05) is 13.0 Å². The molecule has 0 radical (unpaired) electrons. The number of phenolic OH excluding ortho intramolecular Hbond substituents is 1. The van der Waals surface area contributed by atoms with Gasteiger partial charge in [-0.1, -0.05) is 38.2 Å². The van der Waals surface area contributed by atoms with E-state index >= 15 is 0 Å². The standard InChI is InChI=1S/C16H24N2O2/c1-12-7-8-15(19)14(11-12)18-16(20)17-10-9-13-5-3-2-4-6-13/h7-8,11,13,19H,2-6,9-10H2,1H3,(H2,17,18,20). The number of carbonyl (C=O) groups is 1. The van der Waals surface area contributed by atoms with Gasteiger partial charge in [-0.15, -0.1) is 0 Å². The summed E-state index contributed by atoms with van der Waals surface area (Å²) in [5.74, 6) is 0.856. The van der Waals surface area contributed by atoms with Crippen LogP contribution in [0.1, 0.15) is 44.1 Å². The van der Waals surface area contributed by atoms with Gasteiger partial charge in [0.25, 0.3) is 0 Å². The molecular formula is C16H24N2O2. The number of amides is 2. The average molecular weight is 276 g/mol. The van der Waals surface area contributed by atoms with Crippen LogP contribution in [0.15, 0.2) is 18.2 Å². The van der Waals surface area contributed by atoms with Crippen LogP contribution in [-0.2, 0) is 0 Å². The molecule has 0 atom stereocenters. The van der Waals surface area contributed by atoms with Gasteiger partial charge in [-0.25, -0.2) is 4.79 Å². The summed E-state index contributed by atoms with van der Waals surface area (Å²) in [7, 11) is 0. The largest absolute Gasteiger partial charge is 0.506 e. The van der Waals surface area contributed by atoms with Gasteiger partial charge in [-0.05, 0) is 37.0 Å². The smallest absolute Gasteiger partial charge is 0.319 e. The summed E-state index contributed by atoms with van der Waals surface area (Å²) in [6.45, 7) is 2.62. The number of aryl methyl sites for hydroxylation is 1. The van der Waals surface area contributed by atoms with Gasteiger partial charge >= 0.3 is 6.03 Å². The summed E-state index contributed by atoms with van der Waals surface area (Å²) in [6.07, 6.45) is 7.65. The summed E-state index contributed by atoms with van der Waals surface area (Å²) in [4.78, 5) is 11.8. The summed E-state index contributed by atoms with van der Waals surface area (Å²) >= 11 is 0. The fraction of sp³-hybridized carbons (Fsp3) is 0.562. The molecule has 2 amide bonds. The van der Waals surface area contributed by atoms with Crippen molar-refractivity contribution < 1.29 is 9.90 Å². The zero-order valence-corrected chi connectivity index (χ0v) is 12.1. The first-order chi connectivity index (χ1) is 9.65. The van der Waals surface area contributed by atoms with Crippen LogP contribution in [0.5, 0.6) is 5.75 Å². The van der Waals surface area contributed by atoms with Crippen LogP contribution in [0.2, 0.25) is 0 Å². The number of anilines is 1. The van der Waals surface area contributed by atoms with Crippen molar-refractivity contribution in [2.24, 2.45) is 5.92 Å². The van der Waals surface area contributed by atoms with E-state index in [-0.39, 0.29) is 11.8 Å². The molecule has 1 aliphatic rings. The first-order valence-corrected chi connectivity index (χ1v) is 7.49. The third kappa shape index (κ3) is 4.44. The number of urea groups is 1. The molecule has 0 aliphatic heterocycles. The first kappa shape index (κ1) is 14.7. The molecule has 1 aliphatic carbocycles. The maximum atomic E-state index is 11.8. The number of benzene rings is 1. The van der Waals surface area contributed by atoms with Crippen molar-refractivity contribution in [3.8, 4) is 5.75 Å². The average Bonchev–Trinajstić information content (AvgIpc) is 2.44. The number of hydrogen-bond acceptors (Lipinski definition) is 2. The lowest BCUT2D eigenvalue weighted by atomic mass is 9.87. The van der Waals surface area contributed by atoms with Crippen LogP contribution in [0.3, 0.4) is 0 Å². The van der Waals surface area contributed by atoms with Crippen molar-refractivity contribution in [2.45, 2.75) is 45.4 Å². The molecule has 1 saturated carbocycles. The number of phenols is 1. The van der Waals surface area contributed by atoms with Crippen molar-refractivity contribution in [1.29, 1.82) is 0 Å². The first-order valence-electron chi connectivity index (χ1n) is 7.49. The highest BCUT2D eigenvalue weighted by Crippen LogP contribution is 2.26. The molecule has 20 heavy (non-hydrogen) atoms. The van der Waals surface area contributed by atoms with E-state index in [4.69, 9.17) is 0 Å². The molecule has 0 unspecified atom stereocenters. The molecule has 0 heterocycles. The highest BCUT2D eigenvalue weighted by atomic mass is 16.3. The molecule has 1 fully saturated rings. The lowest BCUT2D eigenvalue weighted by molar-refractivity contribution is 0.250. The van der Waals surface area contributed by atoms with Crippen molar-refractivity contribution in [3.63, 3.8) is 0 Å². The minimum atomic E-state index is -0.248. The SMILES string of the molecule is Cc1ccc(O)c(NC(=O)NCCC2CCCCC2)c1. The van der Waals surface area contributed by atoms with Crippen LogP contribution < -0.4 is 10.6 Å². The van der Waals surface area contributed by atoms with Crippen molar-refractivity contribution in [3.05, 3.63) is 23.8 Å². The Labute approximate surface area is 120 Å². The van der Waals surface area contributed by atoms with Crippen LogP contribution in [0.4, 0.5) is 10.5 Å². The summed E-state index contributed by atoms with van der Waals surface area (Å²) in [5, 5.41) is 15.2. The van der Waals surface area contributed by atoms with Gasteiger partial charge in [0.15, 0.2) is 0 Å². The van der Waals surface area contributed by atoms with Gasteiger partial charge in [0, 0.05) is 6.54 Å². The zero-order chi connectivity index (χ0) is 14.4. The summed E-state index contributed by atoms with van der Waals surface area (Å²) < 4.78 is 0. The van der Waals surface area contributed by atoms with Crippen LogP contribution in [-0.4, -0.2) is 17.7 Å². The second-order valence-corrected chi connectivity index (χ2v) is 5.69. The molecule has 3 N–H and O–H groups in total. The predicted molar refractivity (Wildman–Crippen MR) is 81.1 cm³/mol. The van der Waals surface area contributed by atoms with Gasteiger partial charge < -0.3 is 15.7 Å². The lowest BCUT2D eigenvalue weighted by Crippen LogP contribution is -2.30. The van der Waals surface area contributed by atoms with Crippen LogP contribution in [0.25, 0.3) is 0 Å². The second kappa shape index (κ2) is 7.17. The Kier molecular flexibility index (Phi) is 5.27. The molecule has 1 aromatic carbocycles. The van der Waals surface area contributed by atoms with E-state index in [9.17, 15) is 9.90 Å². The Morgan fingerprint density at radius 1 is 1.30 bits per heavy atom. The van der Waals surface area contributed by atoms with Gasteiger partial charge in [-0.2, -0.15) is 0 Å². The predicted octanol–water partition coefficient (Wildman–Crippen LogP) is 3.79. The third-order valence-electron chi connectivity index (χ3n) is 3.96. The molecule has 2 rings (SSSR count). The number of carbonyl (C=O) groups excluding carboxylic acids is 1. The van der Waals surface area contributed by atoms with Gasteiger partial charge in [0.1, 0.15) is 5.75 Å². The molecule has 0 aromatic heterocycles. The fourth-order valence-corrected chi connectivity index (χ4v) is 2.78. The minimum absolute atomic E-state index is 0.0954. The molecule has 4 nitrogen and oxygen atoms in total. The second-order valence-electron chi connectivity index (χ2n) is 5.69. The Morgan fingerprint density at radius 2 is 2.05 bits per heavy atom. The number of aromatic hydroxyl groups is 1. The number of rotatable bonds is 4. The molecule has 4 heteroatoms. The van der Waals surface area contributed by atoms with Crippen molar-refractivity contribution >= 4 is 11.7 Å². The number of nitrogens with one attached hydrogen (secondary N) is 2. The third-order valence-corrected chi connectivity index (χ3v) is 3.96. The van der Waals surface area contributed by atoms with E-state index in [2.05, 4.69) is 10.6 Å². The topological polar surface area (TPSA) is 61.4 Å². The highest BCUT2D eigenvalue weighted by molar-refractivity contribution is 5.90. The van der Waals surface area contributed by atoms with Gasteiger partial charge in [0.05, 0.1) is 5.69 Å². The lowest BCUT2D eigenvalue weighted by Gasteiger charge is -2.21. The van der Waals surface area contributed by atoms with E-state index in [0.29, 0.717) is 12.2 Å². The Hall–Kier alpha value is -1.71. The molecular weight excluding hydrogens is 252 g/mol. The van der Waals surface area contributed by atoms with E-state index in [1.165, 1.54) is 32.1 Å². The Balaban J connectivity index is 1.73. The van der Waals surface area contributed by atoms with Crippen molar-refractivity contribution in [2.75, 3.05) is 11.9 Å². The maximum absolute atomic E-state index is 11.8. The quantitative estimate of drug-likeness (QED) is 0.733.